The molecule has 0 saturated carbocycles. The molecule has 1 heterocycles. The van der Waals surface area contributed by atoms with Crippen LogP contribution in [0.3, 0.4) is 0 Å². The van der Waals surface area contributed by atoms with Crippen LogP contribution < -0.4 is 10.1 Å². The van der Waals surface area contributed by atoms with Gasteiger partial charge < -0.3 is 10.1 Å². The molecule has 1 amide bonds. The van der Waals surface area contributed by atoms with Crippen LogP contribution in [0.4, 0.5) is 13.2 Å². The average molecular weight is 343 g/mol. The topological polar surface area (TPSA) is 38.3 Å². The SMILES string of the molecule is COc1ccc(-c2ccc(CCC(=O)NCC(F)(F)F)s2)cc1. The van der Waals surface area contributed by atoms with Crippen LogP contribution >= 0.6 is 11.3 Å². The van der Waals surface area contributed by atoms with E-state index in [-0.39, 0.29) is 6.42 Å². The standard InChI is InChI=1S/C16H16F3NO2S/c1-22-12-4-2-11(3-5-12)14-8-6-13(23-14)7-9-15(21)20-10-16(17,18)19/h2-6,8H,7,9-10H2,1H3,(H,20,21). The highest BCUT2D eigenvalue weighted by molar-refractivity contribution is 7.15. The molecule has 3 nitrogen and oxygen atoms in total. The molecule has 0 radical (unpaired) electrons. The number of rotatable bonds is 6. The Morgan fingerprint density at radius 2 is 1.87 bits per heavy atom. The van der Waals surface area contributed by atoms with Gasteiger partial charge in [-0.2, -0.15) is 13.2 Å². The minimum absolute atomic E-state index is 0.0403. The molecule has 1 aromatic carbocycles. The smallest absolute Gasteiger partial charge is 0.405 e. The van der Waals surface area contributed by atoms with Crippen LogP contribution in [0.5, 0.6) is 5.75 Å². The zero-order valence-corrected chi connectivity index (χ0v) is 13.3. The summed E-state index contributed by atoms with van der Waals surface area (Å²) in [4.78, 5) is 13.4. The lowest BCUT2D eigenvalue weighted by molar-refractivity contribution is -0.138. The second kappa shape index (κ2) is 7.50. The quantitative estimate of drug-likeness (QED) is 0.860. The fourth-order valence-electron chi connectivity index (χ4n) is 1.95. The van der Waals surface area contributed by atoms with Crippen molar-refractivity contribution in [1.29, 1.82) is 0 Å². The Hall–Kier alpha value is -2.02. The molecule has 0 aliphatic heterocycles. The summed E-state index contributed by atoms with van der Waals surface area (Å²) >= 11 is 1.52. The number of hydrogen-bond acceptors (Lipinski definition) is 3. The van der Waals surface area contributed by atoms with Crippen LogP contribution in [-0.2, 0) is 11.2 Å². The van der Waals surface area contributed by atoms with Crippen molar-refractivity contribution in [2.75, 3.05) is 13.7 Å². The molecule has 0 atom stereocenters. The van der Waals surface area contributed by atoms with Gasteiger partial charge in [-0.05, 0) is 48.4 Å². The van der Waals surface area contributed by atoms with Crippen molar-refractivity contribution in [3.05, 3.63) is 41.3 Å². The summed E-state index contributed by atoms with van der Waals surface area (Å²) in [7, 11) is 1.60. The van der Waals surface area contributed by atoms with Crippen molar-refractivity contribution in [3.8, 4) is 16.2 Å². The lowest BCUT2D eigenvalue weighted by Crippen LogP contribution is -2.33. The Balaban J connectivity index is 1.88. The van der Waals surface area contributed by atoms with Crippen LogP contribution in [0.2, 0.25) is 0 Å². The second-order valence-corrected chi connectivity index (χ2v) is 6.05. The average Bonchev–Trinajstić information content (AvgIpc) is 2.99. The predicted molar refractivity (Wildman–Crippen MR) is 83.7 cm³/mol. The number of ether oxygens (including phenoxy) is 1. The van der Waals surface area contributed by atoms with Gasteiger partial charge in [0.15, 0.2) is 0 Å². The number of carbonyl (C=O) groups is 1. The molecule has 23 heavy (non-hydrogen) atoms. The Morgan fingerprint density at radius 3 is 2.48 bits per heavy atom. The largest absolute Gasteiger partial charge is 0.497 e. The number of thiophene rings is 1. The molecular weight excluding hydrogens is 327 g/mol. The molecular formula is C16H16F3NO2S. The lowest BCUT2D eigenvalue weighted by atomic mass is 10.2. The molecule has 0 spiro atoms. The first-order valence-electron chi connectivity index (χ1n) is 6.94. The number of alkyl halides is 3. The molecule has 1 aromatic heterocycles. The predicted octanol–water partition coefficient (Wildman–Crippen LogP) is 4.03. The van der Waals surface area contributed by atoms with Gasteiger partial charge >= 0.3 is 6.18 Å². The van der Waals surface area contributed by atoms with Crippen LogP contribution in [0.15, 0.2) is 36.4 Å². The zero-order valence-electron chi connectivity index (χ0n) is 12.4. The highest BCUT2D eigenvalue weighted by Crippen LogP contribution is 2.30. The minimum atomic E-state index is -4.37. The summed E-state index contributed by atoms with van der Waals surface area (Å²) < 4.78 is 41.1. The van der Waals surface area contributed by atoms with Crippen molar-refractivity contribution in [1.82, 2.24) is 5.32 Å². The summed E-state index contributed by atoms with van der Waals surface area (Å²) in [5.74, 6) is 0.175. The first kappa shape index (κ1) is 17.3. The Kier molecular flexibility index (Phi) is 5.65. The van der Waals surface area contributed by atoms with E-state index in [0.29, 0.717) is 6.42 Å². The van der Waals surface area contributed by atoms with Gasteiger partial charge in [-0.25, -0.2) is 0 Å². The molecule has 0 aliphatic rings. The number of aryl methyl sites for hydroxylation is 1. The van der Waals surface area contributed by atoms with Gasteiger partial charge in [-0.3, -0.25) is 4.79 Å². The first-order valence-corrected chi connectivity index (χ1v) is 7.75. The summed E-state index contributed by atoms with van der Waals surface area (Å²) in [5, 5.41) is 1.87. The third-order valence-electron chi connectivity index (χ3n) is 3.12. The number of halogens is 3. The fourth-order valence-corrected chi connectivity index (χ4v) is 2.96. The Labute approximate surface area is 136 Å². The van der Waals surface area contributed by atoms with Crippen molar-refractivity contribution in [3.63, 3.8) is 0 Å². The number of amides is 1. The normalized spacial score (nSPS) is 11.3. The van der Waals surface area contributed by atoms with Gasteiger partial charge in [0.1, 0.15) is 12.3 Å². The van der Waals surface area contributed by atoms with Gasteiger partial charge in [0.05, 0.1) is 7.11 Å². The summed E-state index contributed by atoms with van der Waals surface area (Å²) in [6.07, 6.45) is -3.91. The van der Waals surface area contributed by atoms with Crippen molar-refractivity contribution in [2.45, 2.75) is 19.0 Å². The first-order chi connectivity index (χ1) is 10.9. The third-order valence-corrected chi connectivity index (χ3v) is 4.31. The van der Waals surface area contributed by atoms with Crippen LogP contribution in [0, 0.1) is 0 Å². The molecule has 124 valence electrons. The van der Waals surface area contributed by atoms with Gasteiger partial charge in [0, 0.05) is 16.2 Å². The Morgan fingerprint density at radius 1 is 1.17 bits per heavy atom. The highest BCUT2D eigenvalue weighted by Gasteiger charge is 2.27. The van der Waals surface area contributed by atoms with Gasteiger partial charge in [0.25, 0.3) is 0 Å². The van der Waals surface area contributed by atoms with E-state index in [2.05, 4.69) is 0 Å². The van der Waals surface area contributed by atoms with Crippen molar-refractivity contribution >= 4 is 17.2 Å². The maximum absolute atomic E-state index is 12.0. The van der Waals surface area contributed by atoms with E-state index in [9.17, 15) is 18.0 Å². The van der Waals surface area contributed by atoms with E-state index >= 15 is 0 Å². The molecule has 7 heteroatoms. The van der Waals surface area contributed by atoms with Crippen molar-refractivity contribution < 1.29 is 22.7 Å². The van der Waals surface area contributed by atoms with E-state index in [1.807, 2.05) is 41.7 Å². The number of benzene rings is 1. The van der Waals surface area contributed by atoms with Gasteiger partial charge in [-0.15, -0.1) is 11.3 Å². The summed E-state index contributed by atoms with van der Waals surface area (Å²) in [6, 6.07) is 11.4. The molecule has 0 unspecified atom stereocenters. The number of hydrogen-bond donors (Lipinski definition) is 1. The lowest BCUT2D eigenvalue weighted by Gasteiger charge is -2.07. The summed E-state index contributed by atoms with van der Waals surface area (Å²) in [5.41, 5.74) is 1.03. The van der Waals surface area contributed by atoms with E-state index in [1.54, 1.807) is 7.11 Å². The second-order valence-electron chi connectivity index (χ2n) is 4.89. The maximum Gasteiger partial charge on any atom is 0.405 e. The molecule has 0 bridgehead atoms. The minimum Gasteiger partial charge on any atom is -0.497 e. The third kappa shape index (κ3) is 5.59. The van der Waals surface area contributed by atoms with E-state index in [4.69, 9.17) is 4.74 Å². The molecule has 2 aromatic rings. The molecule has 0 saturated heterocycles. The zero-order chi connectivity index (χ0) is 16.9. The summed E-state index contributed by atoms with van der Waals surface area (Å²) in [6.45, 7) is -1.28. The van der Waals surface area contributed by atoms with Crippen LogP contribution in [0.1, 0.15) is 11.3 Å². The maximum atomic E-state index is 12.0. The molecule has 1 N–H and O–H groups in total. The van der Waals surface area contributed by atoms with E-state index < -0.39 is 18.6 Å². The monoisotopic (exact) mass is 343 g/mol. The number of carbonyl (C=O) groups excluding carboxylic acids is 1. The van der Waals surface area contributed by atoms with Crippen molar-refractivity contribution in [2.24, 2.45) is 0 Å². The van der Waals surface area contributed by atoms with E-state index in [0.717, 1.165) is 21.1 Å². The number of methoxy groups -OCH3 is 1. The fraction of sp³-hybridized carbons (Fsp3) is 0.312. The number of nitrogens with one attached hydrogen (secondary N) is 1. The molecule has 0 aliphatic carbocycles. The molecule has 2 rings (SSSR count). The van der Waals surface area contributed by atoms with Crippen LogP contribution in [0.25, 0.3) is 10.4 Å². The molecule has 0 fully saturated rings. The highest BCUT2D eigenvalue weighted by atomic mass is 32.1. The van der Waals surface area contributed by atoms with Gasteiger partial charge in [0.2, 0.25) is 5.91 Å². The Bertz CT molecular complexity index is 650. The van der Waals surface area contributed by atoms with E-state index in [1.165, 1.54) is 11.3 Å². The van der Waals surface area contributed by atoms with Crippen LogP contribution in [-0.4, -0.2) is 25.7 Å². The van der Waals surface area contributed by atoms with Gasteiger partial charge in [-0.1, -0.05) is 0 Å².